The number of nitrogens with zero attached hydrogens (tertiary/aromatic N) is 1. The predicted molar refractivity (Wildman–Crippen MR) is 64.9 cm³/mol. The van der Waals surface area contributed by atoms with Crippen LogP contribution in [0.1, 0.15) is 10.4 Å². The lowest BCUT2D eigenvalue weighted by molar-refractivity contribution is 0.0692. The lowest BCUT2D eigenvalue weighted by atomic mass is 10.1. The summed E-state index contributed by atoms with van der Waals surface area (Å²) in [5.74, 6) is -0.798. The third kappa shape index (κ3) is 1.27. The van der Waals surface area contributed by atoms with Gasteiger partial charge in [-0.15, -0.1) is 0 Å². The molecule has 0 fully saturated rings. The monoisotopic (exact) mass is 243 g/mol. The van der Waals surface area contributed by atoms with Crippen molar-refractivity contribution in [3.05, 3.63) is 52.4 Å². The van der Waals surface area contributed by atoms with Crippen molar-refractivity contribution in [1.82, 2.24) is 4.57 Å². The lowest BCUT2D eigenvalue weighted by Crippen LogP contribution is -2.18. The van der Waals surface area contributed by atoms with E-state index in [0.29, 0.717) is 23.2 Å². The molecule has 0 bridgehead atoms. The van der Waals surface area contributed by atoms with Crippen LogP contribution in [0.5, 0.6) is 5.88 Å². The maximum absolute atomic E-state index is 12.1. The van der Waals surface area contributed by atoms with E-state index in [4.69, 9.17) is 9.84 Å². The zero-order chi connectivity index (χ0) is 12.9. The third-order valence-corrected chi connectivity index (χ3v) is 2.91. The highest BCUT2D eigenvalue weighted by molar-refractivity contribution is 5.95. The second-order valence-electron chi connectivity index (χ2n) is 4.06. The average Bonchev–Trinajstić information content (AvgIpc) is 2.70. The molecule has 2 heterocycles. The standard InChI is InChI=1S/C13H9NO4/c1-7-6-14-9-5-3-2-4-8(9)11(15)10(13(16)17)12(14)18-7/h2-5H,1,6H2,(H,16,17). The Kier molecular flexibility index (Phi) is 2.04. The zero-order valence-corrected chi connectivity index (χ0v) is 9.34. The first-order valence-electron chi connectivity index (χ1n) is 5.34. The number of hydrogen-bond donors (Lipinski definition) is 1. The van der Waals surface area contributed by atoms with Crippen LogP contribution in [-0.2, 0) is 6.54 Å². The first-order valence-corrected chi connectivity index (χ1v) is 5.34. The second-order valence-corrected chi connectivity index (χ2v) is 4.06. The molecule has 0 amide bonds. The minimum Gasteiger partial charge on any atom is -0.477 e. The highest BCUT2D eigenvalue weighted by Crippen LogP contribution is 2.30. The number of aromatic carboxylic acids is 1. The highest BCUT2D eigenvalue weighted by Gasteiger charge is 2.28. The van der Waals surface area contributed by atoms with Gasteiger partial charge < -0.3 is 14.4 Å². The van der Waals surface area contributed by atoms with Crippen LogP contribution in [0.2, 0.25) is 0 Å². The fourth-order valence-corrected chi connectivity index (χ4v) is 2.17. The van der Waals surface area contributed by atoms with Crippen molar-refractivity contribution < 1.29 is 14.6 Å². The molecular weight excluding hydrogens is 234 g/mol. The minimum atomic E-state index is -1.29. The molecule has 0 saturated carbocycles. The van der Waals surface area contributed by atoms with Gasteiger partial charge in [0, 0.05) is 5.39 Å². The molecule has 3 rings (SSSR count). The number of carboxylic acids is 1. The normalized spacial score (nSPS) is 13.4. The van der Waals surface area contributed by atoms with Gasteiger partial charge in [-0.3, -0.25) is 4.79 Å². The number of carboxylic acid groups (broad SMARTS) is 1. The highest BCUT2D eigenvalue weighted by atomic mass is 16.5. The average molecular weight is 243 g/mol. The number of rotatable bonds is 1. The molecule has 5 heteroatoms. The minimum absolute atomic E-state index is 0.0659. The number of ether oxygens (including phenoxy) is 1. The molecule has 1 aromatic heterocycles. The molecule has 0 radical (unpaired) electrons. The summed E-state index contributed by atoms with van der Waals surface area (Å²) in [4.78, 5) is 23.3. The predicted octanol–water partition coefficient (Wildman–Crippen LogP) is 1.61. The van der Waals surface area contributed by atoms with Crippen molar-refractivity contribution in [2.75, 3.05) is 0 Å². The summed E-state index contributed by atoms with van der Waals surface area (Å²) < 4.78 is 6.93. The molecule has 0 unspecified atom stereocenters. The van der Waals surface area contributed by atoms with Crippen molar-refractivity contribution in [3.63, 3.8) is 0 Å². The van der Waals surface area contributed by atoms with E-state index < -0.39 is 11.4 Å². The molecule has 0 spiro atoms. The quantitative estimate of drug-likeness (QED) is 0.826. The number of fused-ring (bicyclic) bond motifs is 3. The SMILES string of the molecule is C=C1Cn2c(c(C(=O)O)c(=O)c3ccccc32)O1. The second kappa shape index (κ2) is 3.46. The number of allylic oxidation sites excluding steroid dienone is 1. The van der Waals surface area contributed by atoms with E-state index in [1.807, 2.05) is 0 Å². The van der Waals surface area contributed by atoms with Gasteiger partial charge in [0.25, 0.3) is 0 Å². The number of pyridine rings is 1. The molecule has 1 aliphatic rings. The summed E-state index contributed by atoms with van der Waals surface area (Å²) in [7, 11) is 0. The van der Waals surface area contributed by atoms with E-state index in [-0.39, 0.29) is 11.4 Å². The number of aromatic nitrogens is 1. The molecule has 0 aliphatic carbocycles. The molecule has 0 saturated heterocycles. The van der Waals surface area contributed by atoms with E-state index in [1.54, 1.807) is 28.8 Å². The van der Waals surface area contributed by atoms with Crippen LogP contribution >= 0.6 is 0 Å². The van der Waals surface area contributed by atoms with Crippen LogP contribution in [0.25, 0.3) is 10.9 Å². The Morgan fingerprint density at radius 1 is 1.39 bits per heavy atom. The molecular formula is C13H9NO4. The van der Waals surface area contributed by atoms with Crippen molar-refractivity contribution >= 4 is 16.9 Å². The summed E-state index contributed by atoms with van der Waals surface area (Å²) in [6.07, 6.45) is 0. The van der Waals surface area contributed by atoms with E-state index in [0.717, 1.165) is 0 Å². The Bertz CT molecular complexity index is 757. The molecule has 1 aromatic carbocycles. The fraction of sp³-hybridized carbons (Fsp3) is 0.0769. The molecule has 1 N–H and O–H groups in total. The topological polar surface area (TPSA) is 68.5 Å². The fourth-order valence-electron chi connectivity index (χ4n) is 2.17. The Balaban J connectivity index is 2.54. The van der Waals surface area contributed by atoms with Crippen molar-refractivity contribution in [3.8, 4) is 5.88 Å². The first-order chi connectivity index (χ1) is 8.59. The van der Waals surface area contributed by atoms with Gasteiger partial charge in [0.15, 0.2) is 5.56 Å². The van der Waals surface area contributed by atoms with Gasteiger partial charge in [-0.05, 0) is 12.1 Å². The Morgan fingerprint density at radius 3 is 2.83 bits per heavy atom. The maximum Gasteiger partial charge on any atom is 0.345 e. The summed E-state index contributed by atoms with van der Waals surface area (Å²) in [5.41, 5.74) is -0.215. The van der Waals surface area contributed by atoms with Crippen molar-refractivity contribution in [1.29, 1.82) is 0 Å². The molecule has 1 aliphatic heterocycles. The van der Waals surface area contributed by atoms with E-state index in [1.165, 1.54) is 0 Å². The lowest BCUT2D eigenvalue weighted by Gasteiger charge is -2.08. The number of benzene rings is 1. The smallest absolute Gasteiger partial charge is 0.345 e. The van der Waals surface area contributed by atoms with Crippen molar-refractivity contribution in [2.24, 2.45) is 0 Å². The summed E-state index contributed by atoms with van der Waals surface area (Å²) >= 11 is 0. The largest absolute Gasteiger partial charge is 0.477 e. The van der Waals surface area contributed by atoms with Crippen LogP contribution < -0.4 is 10.2 Å². The van der Waals surface area contributed by atoms with Crippen LogP contribution in [0.4, 0.5) is 0 Å². The molecule has 90 valence electrons. The Morgan fingerprint density at radius 2 is 2.11 bits per heavy atom. The zero-order valence-electron chi connectivity index (χ0n) is 9.34. The molecule has 2 aromatic rings. The van der Waals surface area contributed by atoms with Crippen LogP contribution in [-0.4, -0.2) is 15.6 Å². The van der Waals surface area contributed by atoms with Crippen LogP contribution in [0.15, 0.2) is 41.4 Å². The molecule has 0 atom stereocenters. The van der Waals surface area contributed by atoms with Crippen LogP contribution in [0.3, 0.4) is 0 Å². The van der Waals surface area contributed by atoms with Gasteiger partial charge in [0.2, 0.25) is 11.3 Å². The van der Waals surface area contributed by atoms with Crippen LogP contribution in [0, 0.1) is 0 Å². The van der Waals surface area contributed by atoms with Gasteiger partial charge in [0.05, 0.1) is 12.1 Å². The maximum atomic E-state index is 12.1. The Hall–Kier alpha value is -2.56. The number of carbonyl (C=O) groups is 1. The summed E-state index contributed by atoms with van der Waals surface area (Å²) in [6.45, 7) is 4.03. The third-order valence-electron chi connectivity index (χ3n) is 2.91. The van der Waals surface area contributed by atoms with Gasteiger partial charge in [-0.2, -0.15) is 0 Å². The van der Waals surface area contributed by atoms with Gasteiger partial charge in [0.1, 0.15) is 5.76 Å². The molecule has 18 heavy (non-hydrogen) atoms. The number of para-hydroxylation sites is 1. The van der Waals surface area contributed by atoms with E-state index in [2.05, 4.69) is 6.58 Å². The van der Waals surface area contributed by atoms with Gasteiger partial charge >= 0.3 is 5.97 Å². The van der Waals surface area contributed by atoms with Crippen molar-refractivity contribution in [2.45, 2.75) is 6.54 Å². The van der Waals surface area contributed by atoms with Gasteiger partial charge in [-0.1, -0.05) is 18.7 Å². The Labute approximate surface area is 102 Å². The summed E-state index contributed by atoms with van der Waals surface area (Å²) in [5, 5.41) is 9.52. The first kappa shape index (κ1) is 10.6. The molecule has 5 nitrogen and oxygen atoms in total. The van der Waals surface area contributed by atoms with E-state index >= 15 is 0 Å². The van der Waals surface area contributed by atoms with E-state index in [9.17, 15) is 9.59 Å². The summed E-state index contributed by atoms with van der Waals surface area (Å²) in [6, 6.07) is 6.86. The number of hydrogen-bond acceptors (Lipinski definition) is 3. The van der Waals surface area contributed by atoms with Gasteiger partial charge in [-0.25, -0.2) is 4.79 Å².